The first kappa shape index (κ1) is 44.1. The van der Waals surface area contributed by atoms with Crippen LogP contribution in [0.1, 0.15) is 70.3 Å². The summed E-state index contributed by atoms with van der Waals surface area (Å²) in [6, 6.07) is 15.9. The Morgan fingerprint density at radius 2 is 1.41 bits per heavy atom. The van der Waals surface area contributed by atoms with Crippen molar-refractivity contribution in [2.45, 2.75) is 51.4 Å². The molecule has 16 heteroatoms. The van der Waals surface area contributed by atoms with Gasteiger partial charge in [0.15, 0.2) is 37.7 Å². The summed E-state index contributed by atoms with van der Waals surface area (Å²) in [5.74, 6) is -2.47. The summed E-state index contributed by atoms with van der Waals surface area (Å²) in [7, 11) is 5.61. The molecular formula is C43H49FN2O13. The van der Waals surface area contributed by atoms with Gasteiger partial charge in [0.05, 0.1) is 24.3 Å². The molecule has 1 fully saturated rings. The van der Waals surface area contributed by atoms with Crippen LogP contribution in [0.25, 0.3) is 10.8 Å². The molecule has 1 saturated heterocycles. The van der Waals surface area contributed by atoms with Crippen molar-refractivity contribution in [3.63, 3.8) is 0 Å². The summed E-state index contributed by atoms with van der Waals surface area (Å²) in [6.45, 7) is 5.08. The van der Waals surface area contributed by atoms with Crippen molar-refractivity contribution in [1.82, 2.24) is 10.2 Å². The molecule has 0 spiro atoms. The molecule has 2 amide bonds. The molecule has 0 radical (unpaired) electrons. The molecule has 5 rings (SSSR count). The number of nitrogens with zero attached hydrogens (tertiary/aromatic N) is 1. The molecule has 316 valence electrons. The van der Waals surface area contributed by atoms with Gasteiger partial charge in [-0.1, -0.05) is 24.3 Å². The number of hydrogen-bond acceptors (Lipinski definition) is 13. The Kier molecular flexibility index (Phi) is 15.1. The van der Waals surface area contributed by atoms with Crippen LogP contribution in [0.5, 0.6) is 23.0 Å². The van der Waals surface area contributed by atoms with Crippen molar-refractivity contribution in [1.29, 1.82) is 0 Å². The third kappa shape index (κ3) is 11.2. The average molecular weight is 821 g/mol. The fraction of sp³-hybridized carbons (Fsp3) is 0.395. The summed E-state index contributed by atoms with van der Waals surface area (Å²) in [5.41, 5.74) is -0.866. The molecule has 0 saturated carbocycles. The van der Waals surface area contributed by atoms with Crippen molar-refractivity contribution in [3.05, 3.63) is 94.8 Å². The molecule has 1 heterocycles. The summed E-state index contributed by atoms with van der Waals surface area (Å²) in [5, 5.41) is 4.32. The Labute approximate surface area is 341 Å². The van der Waals surface area contributed by atoms with E-state index < -0.39 is 47.3 Å². The van der Waals surface area contributed by atoms with Gasteiger partial charge < -0.3 is 52.8 Å². The minimum atomic E-state index is -0.918. The molecule has 4 aromatic rings. The van der Waals surface area contributed by atoms with E-state index in [2.05, 4.69) is 5.32 Å². The summed E-state index contributed by atoms with van der Waals surface area (Å²) in [6.07, 6.45) is -0.814. The van der Waals surface area contributed by atoms with Crippen LogP contribution in [0.2, 0.25) is 0 Å². The Hall–Kier alpha value is -5.97. The lowest BCUT2D eigenvalue weighted by atomic mass is 10.00. The molecule has 1 aliphatic heterocycles. The highest BCUT2D eigenvalue weighted by atomic mass is 19.1. The van der Waals surface area contributed by atoms with Gasteiger partial charge in [-0.3, -0.25) is 9.59 Å². The SMILES string of the molecule is COCOc1cc2c(OCOC)cccc2cc1C(=O)N[C@@H]1CN(C(=O)OC(C)(C)C)CCC[C@H]1OC(=O)c1ccc(C(=O)c2c(OCOC)ccc(OC)c2F)cc1. The number of ether oxygens (including phenoxy) is 9. The van der Waals surface area contributed by atoms with Crippen molar-refractivity contribution >= 4 is 34.5 Å². The highest BCUT2D eigenvalue weighted by molar-refractivity contribution is 6.11. The second kappa shape index (κ2) is 20.1. The van der Waals surface area contributed by atoms with Gasteiger partial charge in [0.1, 0.15) is 34.5 Å². The Morgan fingerprint density at radius 3 is 2.05 bits per heavy atom. The zero-order valence-electron chi connectivity index (χ0n) is 34.1. The second-order valence-electron chi connectivity index (χ2n) is 14.4. The average Bonchev–Trinajstić information content (AvgIpc) is 3.41. The minimum absolute atomic E-state index is 0.00269. The van der Waals surface area contributed by atoms with Gasteiger partial charge in [-0.25, -0.2) is 14.0 Å². The molecule has 4 aromatic carbocycles. The molecule has 1 N–H and O–H groups in total. The number of benzene rings is 4. The Morgan fingerprint density at radius 1 is 0.780 bits per heavy atom. The van der Waals surface area contributed by atoms with E-state index in [1.165, 1.54) is 69.7 Å². The smallest absolute Gasteiger partial charge is 0.410 e. The maximum atomic E-state index is 15.4. The Bertz CT molecular complexity index is 2120. The molecule has 15 nitrogen and oxygen atoms in total. The highest BCUT2D eigenvalue weighted by Gasteiger charge is 2.36. The number of carbonyl (C=O) groups excluding carboxylic acids is 4. The zero-order valence-corrected chi connectivity index (χ0v) is 34.1. The first-order valence-corrected chi connectivity index (χ1v) is 18.7. The van der Waals surface area contributed by atoms with E-state index >= 15 is 4.39 Å². The number of amides is 2. The van der Waals surface area contributed by atoms with Gasteiger partial charge >= 0.3 is 12.1 Å². The first-order valence-electron chi connectivity index (χ1n) is 18.7. The van der Waals surface area contributed by atoms with E-state index in [4.69, 9.17) is 42.6 Å². The lowest BCUT2D eigenvalue weighted by Crippen LogP contribution is -2.51. The molecule has 2 atom stereocenters. The van der Waals surface area contributed by atoms with Gasteiger partial charge in [0, 0.05) is 45.4 Å². The predicted octanol–water partition coefficient (Wildman–Crippen LogP) is 6.52. The normalized spacial score (nSPS) is 15.5. The van der Waals surface area contributed by atoms with E-state index in [0.29, 0.717) is 22.9 Å². The zero-order chi connectivity index (χ0) is 42.7. The van der Waals surface area contributed by atoms with Crippen LogP contribution >= 0.6 is 0 Å². The van der Waals surface area contributed by atoms with Gasteiger partial charge in [-0.2, -0.15) is 0 Å². The van der Waals surface area contributed by atoms with Crippen molar-refractivity contribution < 1.29 is 66.2 Å². The first-order chi connectivity index (χ1) is 28.3. The number of ketones is 1. The van der Waals surface area contributed by atoms with Crippen molar-refractivity contribution in [2.75, 3.05) is 61.9 Å². The van der Waals surface area contributed by atoms with Crippen LogP contribution in [-0.2, 0) is 23.7 Å². The number of hydrogen-bond donors (Lipinski definition) is 1. The maximum Gasteiger partial charge on any atom is 0.410 e. The lowest BCUT2D eigenvalue weighted by Gasteiger charge is -2.31. The molecular weight excluding hydrogens is 771 g/mol. The number of rotatable bonds is 16. The monoisotopic (exact) mass is 820 g/mol. The summed E-state index contributed by atoms with van der Waals surface area (Å²) in [4.78, 5) is 56.3. The van der Waals surface area contributed by atoms with Crippen molar-refractivity contribution in [2.24, 2.45) is 0 Å². The summed E-state index contributed by atoms with van der Waals surface area (Å²) >= 11 is 0. The van der Waals surface area contributed by atoms with E-state index in [1.54, 1.807) is 45.0 Å². The molecule has 0 unspecified atom stereocenters. The van der Waals surface area contributed by atoms with E-state index in [0.717, 1.165) is 0 Å². The molecule has 0 aliphatic carbocycles. The molecule has 59 heavy (non-hydrogen) atoms. The van der Waals surface area contributed by atoms with E-state index in [-0.39, 0.29) is 79.4 Å². The molecule has 0 bridgehead atoms. The number of nitrogens with one attached hydrogen (secondary N) is 1. The number of halogens is 1. The number of carbonyl (C=O) groups is 4. The van der Waals surface area contributed by atoms with Gasteiger partial charge in [0.25, 0.3) is 5.91 Å². The van der Waals surface area contributed by atoms with Crippen LogP contribution in [-0.4, -0.2) is 108 Å². The van der Waals surface area contributed by atoms with E-state index in [1.807, 2.05) is 6.07 Å². The highest BCUT2D eigenvalue weighted by Crippen LogP contribution is 2.34. The fourth-order valence-corrected chi connectivity index (χ4v) is 6.35. The largest absolute Gasteiger partial charge is 0.494 e. The Balaban J connectivity index is 1.43. The number of likely N-dealkylation sites (tertiary alicyclic amines) is 1. The maximum absolute atomic E-state index is 15.4. The third-order valence-corrected chi connectivity index (χ3v) is 9.09. The topological polar surface area (TPSA) is 167 Å². The predicted molar refractivity (Wildman–Crippen MR) is 212 cm³/mol. The van der Waals surface area contributed by atoms with Gasteiger partial charge in [0.2, 0.25) is 0 Å². The standard InChI is InChI=1S/C43H49FN2O13/c1-43(2,3)59-42(50)46-19-9-12-33(31(22-46)45-40(48)30-20-28-10-8-11-32(55-23-51-4)29(28)21-36(30)57-25-53-6)58-41(49)27-15-13-26(14-16-27)39(47)37-34(56-24-52-5)17-18-35(54-7)38(37)44/h8,10-11,13-18,20-21,31,33H,9,12,19,22-25H2,1-7H3,(H,45,48)/t31-,33-/m1/s1. The van der Waals surface area contributed by atoms with Gasteiger partial charge in [-0.15, -0.1) is 0 Å². The third-order valence-electron chi connectivity index (χ3n) is 9.09. The van der Waals surface area contributed by atoms with Gasteiger partial charge in [-0.05, 0) is 81.5 Å². The second-order valence-corrected chi connectivity index (χ2v) is 14.4. The molecule has 0 aromatic heterocycles. The quantitative estimate of drug-likeness (QED) is 0.0738. The minimum Gasteiger partial charge on any atom is -0.494 e. The van der Waals surface area contributed by atoms with Crippen LogP contribution in [0.3, 0.4) is 0 Å². The fourth-order valence-electron chi connectivity index (χ4n) is 6.35. The van der Waals surface area contributed by atoms with Crippen LogP contribution < -0.4 is 24.3 Å². The van der Waals surface area contributed by atoms with Crippen LogP contribution in [0.4, 0.5) is 9.18 Å². The number of esters is 1. The lowest BCUT2D eigenvalue weighted by molar-refractivity contribution is 0.0125. The summed E-state index contributed by atoms with van der Waals surface area (Å²) < 4.78 is 64.3. The number of fused-ring (bicyclic) bond motifs is 1. The van der Waals surface area contributed by atoms with E-state index in [9.17, 15) is 19.2 Å². The van der Waals surface area contributed by atoms with Crippen molar-refractivity contribution in [3.8, 4) is 23.0 Å². The number of methoxy groups -OCH3 is 4. The molecule has 1 aliphatic rings. The van der Waals surface area contributed by atoms with Crippen LogP contribution in [0, 0.1) is 5.82 Å². The van der Waals surface area contributed by atoms with Crippen LogP contribution in [0.15, 0.2) is 66.7 Å².